The van der Waals surface area contributed by atoms with E-state index in [-0.39, 0.29) is 12.1 Å². The third-order valence-corrected chi connectivity index (χ3v) is 3.58. The molecule has 0 heterocycles. The fourth-order valence-corrected chi connectivity index (χ4v) is 2.76. The van der Waals surface area contributed by atoms with Crippen molar-refractivity contribution in [3.05, 3.63) is 47.5 Å². The SMILES string of the molecule is CC(=O)OC1CCc2cc3ccccc3cc2C1. The molecule has 0 bridgehead atoms. The van der Waals surface area contributed by atoms with Gasteiger partial charge in [-0.05, 0) is 34.7 Å². The molecule has 0 spiro atoms. The lowest BCUT2D eigenvalue weighted by Gasteiger charge is -2.24. The molecule has 18 heavy (non-hydrogen) atoms. The molecule has 0 saturated heterocycles. The average molecular weight is 240 g/mol. The fourth-order valence-electron chi connectivity index (χ4n) is 2.76. The molecule has 0 N–H and O–H groups in total. The topological polar surface area (TPSA) is 26.3 Å². The first-order chi connectivity index (χ1) is 8.72. The van der Waals surface area contributed by atoms with Crippen LogP contribution in [0.3, 0.4) is 0 Å². The van der Waals surface area contributed by atoms with E-state index >= 15 is 0 Å². The van der Waals surface area contributed by atoms with Gasteiger partial charge in [0.1, 0.15) is 6.10 Å². The first-order valence-corrected chi connectivity index (χ1v) is 6.40. The minimum Gasteiger partial charge on any atom is -0.462 e. The van der Waals surface area contributed by atoms with Crippen LogP contribution in [0.2, 0.25) is 0 Å². The molecule has 2 aromatic rings. The maximum absolute atomic E-state index is 11.0. The molecular formula is C16H16O2. The maximum Gasteiger partial charge on any atom is 0.302 e. The normalized spacial score (nSPS) is 18.4. The number of rotatable bonds is 1. The van der Waals surface area contributed by atoms with E-state index in [1.54, 1.807) is 0 Å². The number of ether oxygens (including phenoxy) is 1. The van der Waals surface area contributed by atoms with Crippen molar-refractivity contribution in [2.75, 3.05) is 0 Å². The molecule has 2 aromatic carbocycles. The highest BCUT2D eigenvalue weighted by Crippen LogP contribution is 2.27. The van der Waals surface area contributed by atoms with Gasteiger partial charge in [-0.15, -0.1) is 0 Å². The Morgan fingerprint density at radius 2 is 1.83 bits per heavy atom. The molecule has 0 aliphatic heterocycles. The summed E-state index contributed by atoms with van der Waals surface area (Å²) in [5.74, 6) is -0.177. The molecule has 3 rings (SSSR count). The van der Waals surface area contributed by atoms with E-state index in [1.165, 1.54) is 28.8 Å². The van der Waals surface area contributed by atoms with E-state index in [0.717, 1.165) is 19.3 Å². The fraction of sp³-hybridized carbons (Fsp3) is 0.312. The van der Waals surface area contributed by atoms with E-state index in [1.807, 2.05) is 0 Å². The van der Waals surface area contributed by atoms with Crippen molar-refractivity contribution in [1.82, 2.24) is 0 Å². The third-order valence-electron chi connectivity index (χ3n) is 3.58. The van der Waals surface area contributed by atoms with Gasteiger partial charge in [-0.2, -0.15) is 0 Å². The average Bonchev–Trinajstić information content (AvgIpc) is 2.35. The summed E-state index contributed by atoms with van der Waals surface area (Å²) in [4.78, 5) is 11.0. The van der Waals surface area contributed by atoms with Crippen LogP contribution in [0, 0.1) is 0 Å². The second-order valence-electron chi connectivity index (χ2n) is 4.94. The van der Waals surface area contributed by atoms with Gasteiger partial charge >= 0.3 is 5.97 Å². The van der Waals surface area contributed by atoms with Crippen molar-refractivity contribution in [3.8, 4) is 0 Å². The molecule has 0 amide bonds. The number of aryl methyl sites for hydroxylation is 1. The number of hydrogen-bond acceptors (Lipinski definition) is 2. The summed E-state index contributed by atoms with van der Waals surface area (Å²) in [6, 6.07) is 12.9. The first-order valence-electron chi connectivity index (χ1n) is 6.40. The van der Waals surface area contributed by atoms with Crippen LogP contribution >= 0.6 is 0 Å². The summed E-state index contributed by atoms with van der Waals surface area (Å²) < 4.78 is 5.32. The van der Waals surface area contributed by atoms with Gasteiger partial charge in [0.15, 0.2) is 0 Å². The summed E-state index contributed by atoms with van der Waals surface area (Å²) in [7, 11) is 0. The number of benzene rings is 2. The van der Waals surface area contributed by atoms with Gasteiger partial charge in [0.05, 0.1) is 0 Å². The molecule has 0 fully saturated rings. The van der Waals surface area contributed by atoms with Gasteiger partial charge in [-0.25, -0.2) is 0 Å². The Hall–Kier alpha value is -1.83. The van der Waals surface area contributed by atoms with Crippen molar-refractivity contribution >= 4 is 16.7 Å². The van der Waals surface area contributed by atoms with Gasteiger partial charge in [0.2, 0.25) is 0 Å². The summed E-state index contributed by atoms with van der Waals surface area (Å²) >= 11 is 0. The molecule has 0 saturated carbocycles. The lowest BCUT2D eigenvalue weighted by atomic mass is 9.87. The third kappa shape index (κ3) is 2.10. The Kier molecular flexibility index (Phi) is 2.78. The highest BCUT2D eigenvalue weighted by molar-refractivity contribution is 5.84. The van der Waals surface area contributed by atoms with Crippen molar-refractivity contribution in [1.29, 1.82) is 0 Å². The quantitative estimate of drug-likeness (QED) is 0.715. The monoisotopic (exact) mass is 240 g/mol. The second kappa shape index (κ2) is 4.45. The molecule has 2 heteroatoms. The zero-order valence-corrected chi connectivity index (χ0v) is 10.5. The van der Waals surface area contributed by atoms with Crippen LogP contribution in [-0.4, -0.2) is 12.1 Å². The van der Waals surface area contributed by atoms with Gasteiger partial charge in [0.25, 0.3) is 0 Å². The molecule has 1 aliphatic rings. The van der Waals surface area contributed by atoms with E-state index < -0.39 is 0 Å². The van der Waals surface area contributed by atoms with Crippen LogP contribution in [0.4, 0.5) is 0 Å². The Morgan fingerprint density at radius 1 is 1.17 bits per heavy atom. The van der Waals surface area contributed by atoms with Crippen LogP contribution in [0.25, 0.3) is 10.8 Å². The van der Waals surface area contributed by atoms with Crippen LogP contribution < -0.4 is 0 Å². The number of carbonyl (C=O) groups is 1. The molecule has 2 nitrogen and oxygen atoms in total. The van der Waals surface area contributed by atoms with Crippen LogP contribution in [0.15, 0.2) is 36.4 Å². The van der Waals surface area contributed by atoms with E-state index in [2.05, 4.69) is 36.4 Å². The van der Waals surface area contributed by atoms with E-state index in [9.17, 15) is 4.79 Å². The van der Waals surface area contributed by atoms with Gasteiger partial charge in [-0.3, -0.25) is 4.79 Å². The number of esters is 1. The summed E-state index contributed by atoms with van der Waals surface area (Å²) in [6.07, 6.45) is 2.83. The lowest BCUT2D eigenvalue weighted by molar-refractivity contribution is -0.146. The molecule has 1 aliphatic carbocycles. The van der Waals surface area contributed by atoms with Gasteiger partial charge < -0.3 is 4.74 Å². The van der Waals surface area contributed by atoms with Crippen LogP contribution in [-0.2, 0) is 22.4 Å². The molecule has 1 atom stereocenters. The Balaban J connectivity index is 1.95. The summed E-state index contributed by atoms with van der Waals surface area (Å²) in [5, 5.41) is 2.56. The van der Waals surface area contributed by atoms with E-state index in [4.69, 9.17) is 4.74 Å². The Labute approximate surface area is 107 Å². The number of carbonyl (C=O) groups excluding carboxylic acids is 1. The van der Waals surface area contributed by atoms with Crippen molar-refractivity contribution in [2.24, 2.45) is 0 Å². The van der Waals surface area contributed by atoms with Crippen LogP contribution in [0.1, 0.15) is 24.5 Å². The predicted octanol–water partition coefficient (Wildman–Crippen LogP) is 3.26. The highest BCUT2D eigenvalue weighted by atomic mass is 16.5. The minimum absolute atomic E-state index is 0.0520. The Bertz CT molecular complexity index is 601. The second-order valence-corrected chi connectivity index (χ2v) is 4.94. The molecular weight excluding hydrogens is 224 g/mol. The van der Waals surface area contributed by atoms with Crippen LogP contribution in [0.5, 0.6) is 0 Å². The van der Waals surface area contributed by atoms with Crippen molar-refractivity contribution in [3.63, 3.8) is 0 Å². The predicted molar refractivity (Wildman–Crippen MR) is 71.5 cm³/mol. The Morgan fingerprint density at radius 3 is 2.50 bits per heavy atom. The maximum atomic E-state index is 11.0. The number of fused-ring (bicyclic) bond motifs is 2. The smallest absolute Gasteiger partial charge is 0.302 e. The largest absolute Gasteiger partial charge is 0.462 e. The summed E-state index contributed by atoms with van der Waals surface area (Å²) in [6.45, 7) is 1.48. The van der Waals surface area contributed by atoms with E-state index in [0.29, 0.717) is 0 Å². The zero-order chi connectivity index (χ0) is 12.5. The lowest BCUT2D eigenvalue weighted by Crippen LogP contribution is -2.24. The van der Waals surface area contributed by atoms with Gasteiger partial charge in [-0.1, -0.05) is 36.4 Å². The molecule has 0 radical (unpaired) electrons. The molecule has 1 unspecified atom stereocenters. The minimum atomic E-state index is -0.177. The summed E-state index contributed by atoms with van der Waals surface area (Å²) in [5.41, 5.74) is 2.73. The van der Waals surface area contributed by atoms with Crippen molar-refractivity contribution in [2.45, 2.75) is 32.3 Å². The molecule has 92 valence electrons. The number of hydrogen-bond donors (Lipinski definition) is 0. The molecule has 0 aromatic heterocycles. The standard InChI is InChI=1S/C16H16O2/c1-11(17)18-16-7-6-14-8-12-4-2-3-5-13(12)9-15(14)10-16/h2-5,8-9,16H,6-7,10H2,1H3. The van der Waals surface area contributed by atoms with Gasteiger partial charge in [0, 0.05) is 13.3 Å². The zero-order valence-electron chi connectivity index (χ0n) is 10.5. The van der Waals surface area contributed by atoms with Crippen molar-refractivity contribution < 1.29 is 9.53 Å². The first kappa shape index (κ1) is 11.3. The highest BCUT2D eigenvalue weighted by Gasteiger charge is 2.21.